The molecule has 2 N–H and O–H groups in total. The number of hydrogen-bond acceptors (Lipinski definition) is 4. The molecule has 0 heterocycles. The Labute approximate surface area is 138 Å². The zero-order chi connectivity index (χ0) is 17.4. The minimum absolute atomic E-state index is 0.0192. The first-order chi connectivity index (χ1) is 11.6. The summed E-state index contributed by atoms with van der Waals surface area (Å²) >= 11 is 0. The summed E-state index contributed by atoms with van der Waals surface area (Å²) in [4.78, 5) is 22.2. The van der Waals surface area contributed by atoms with Crippen LogP contribution in [-0.2, 0) is 11.2 Å². The van der Waals surface area contributed by atoms with E-state index in [4.69, 9.17) is 0 Å². The first-order valence-corrected chi connectivity index (χ1v) is 7.54. The highest BCUT2D eigenvalue weighted by molar-refractivity contribution is 5.76. The Morgan fingerprint density at radius 2 is 1.79 bits per heavy atom. The minimum atomic E-state index is -0.467. The van der Waals surface area contributed by atoms with Gasteiger partial charge >= 0.3 is 0 Å². The van der Waals surface area contributed by atoms with Gasteiger partial charge in [0.25, 0.3) is 5.69 Å². The van der Waals surface area contributed by atoms with Gasteiger partial charge in [-0.3, -0.25) is 14.9 Å². The van der Waals surface area contributed by atoms with Crippen molar-refractivity contribution in [1.82, 2.24) is 5.32 Å². The summed E-state index contributed by atoms with van der Waals surface area (Å²) in [7, 11) is 0. The van der Waals surface area contributed by atoms with Gasteiger partial charge in [-0.25, -0.2) is 4.39 Å². The van der Waals surface area contributed by atoms with E-state index in [0.717, 1.165) is 5.56 Å². The second-order valence-electron chi connectivity index (χ2n) is 5.18. The van der Waals surface area contributed by atoms with Gasteiger partial charge < -0.3 is 10.6 Å². The smallest absolute Gasteiger partial charge is 0.292 e. The van der Waals surface area contributed by atoms with Gasteiger partial charge in [-0.1, -0.05) is 24.3 Å². The average molecular weight is 331 g/mol. The predicted octanol–water partition coefficient (Wildman–Crippen LogP) is 2.89. The first-order valence-electron chi connectivity index (χ1n) is 7.54. The summed E-state index contributed by atoms with van der Waals surface area (Å²) in [5.41, 5.74) is 1.31. The Balaban J connectivity index is 1.70. The van der Waals surface area contributed by atoms with Gasteiger partial charge in [-0.05, 0) is 30.2 Å². The Kier molecular flexibility index (Phi) is 6.24. The fraction of sp³-hybridized carbons (Fsp3) is 0.235. The molecule has 0 aliphatic heterocycles. The van der Waals surface area contributed by atoms with Crippen molar-refractivity contribution in [3.63, 3.8) is 0 Å². The Morgan fingerprint density at radius 1 is 1.08 bits per heavy atom. The maximum Gasteiger partial charge on any atom is 0.292 e. The topological polar surface area (TPSA) is 84.3 Å². The third-order valence-corrected chi connectivity index (χ3v) is 3.42. The standard InChI is InChI=1S/C17H18FN3O3/c18-14-7-5-13(6-8-14)9-11-20-17(22)10-12-19-15-3-1-2-4-16(15)21(23)24/h1-8,19H,9-12H2,(H,20,22). The summed E-state index contributed by atoms with van der Waals surface area (Å²) in [5, 5.41) is 16.5. The molecule has 0 aromatic heterocycles. The van der Waals surface area contributed by atoms with Crippen molar-refractivity contribution in [3.05, 3.63) is 70.0 Å². The van der Waals surface area contributed by atoms with Crippen LogP contribution in [0.5, 0.6) is 0 Å². The van der Waals surface area contributed by atoms with Crippen molar-refractivity contribution >= 4 is 17.3 Å². The maximum atomic E-state index is 12.8. The molecule has 0 unspecified atom stereocenters. The molecule has 0 spiro atoms. The summed E-state index contributed by atoms with van der Waals surface area (Å²) in [6.45, 7) is 0.753. The van der Waals surface area contributed by atoms with Gasteiger partial charge in [0.2, 0.25) is 5.91 Å². The molecule has 6 nitrogen and oxygen atoms in total. The predicted molar refractivity (Wildman–Crippen MR) is 89.3 cm³/mol. The number of para-hydroxylation sites is 2. The van der Waals surface area contributed by atoms with Crippen LogP contribution in [0.3, 0.4) is 0 Å². The fourth-order valence-corrected chi connectivity index (χ4v) is 2.18. The van der Waals surface area contributed by atoms with E-state index in [0.29, 0.717) is 25.2 Å². The Bertz CT molecular complexity index is 704. The molecule has 0 saturated carbocycles. The van der Waals surface area contributed by atoms with Gasteiger partial charge in [0.05, 0.1) is 4.92 Å². The lowest BCUT2D eigenvalue weighted by Gasteiger charge is -2.08. The number of halogens is 1. The second kappa shape index (κ2) is 8.61. The highest BCUT2D eigenvalue weighted by Crippen LogP contribution is 2.22. The largest absolute Gasteiger partial charge is 0.379 e. The van der Waals surface area contributed by atoms with Crippen LogP contribution in [0.1, 0.15) is 12.0 Å². The summed E-state index contributed by atoms with van der Waals surface area (Å²) in [6, 6.07) is 12.4. The van der Waals surface area contributed by atoms with Gasteiger partial charge in [0, 0.05) is 25.6 Å². The number of nitrogens with zero attached hydrogens (tertiary/aromatic N) is 1. The molecule has 0 saturated heterocycles. The van der Waals surface area contributed by atoms with Crippen LogP contribution in [0, 0.1) is 15.9 Å². The zero-order valence-corrected chi connectivity index (χ0v) is 13.0. The van der Waals surface area contributed by atoms with Crippen molar-refractivity contribution in [2.24, 2.45) is 0 Å². The van der Waals surface area contributed by atoms with E-state index in [1.165, 1.54) is 18.2 Å². The first kappa shape index (κ1) is 17.4. The normalized spacial score (nSPS) is 10.2. The molecule has 0 atom stereocenters. The van der Waals surface area contributed by atoms with Crippen LogP contribution in [0.2, 0.25) is 0 Å². The Hall–Kier alpha value is -2.96. The lowest BCUT2D eigenvalue weighted by molar-refractivity contribution is -0.384. The summed E-state index contributed by atoms with van der Waals surface area (Å²) < 4.78 is 12.8. The molecule has 7 heteroatoms. The number of nitro groups is 1. The van der Waals surface area contributed by atoms with Crippen molar-refractivity contribution in [2.45, 2.75) is 12.8 Å². The SMILES string of the molecule is O=C(CCNc1ccccc1[N+](=O)[O-])NCCc1ccc(F)cc1. The lowest BCUT2D eigenvalue weighted by Crippen LogP contribution is -2.27. The van der Waals surface area contributed by atoms with Crippen LogP contribution >= 0.6 is 0 Å². The van der Waals surface area contributed by atoms with Crippen LogP contribution in [-0.4, -0.2) is 23.9 Å². The summed E-state index contributed by atoms with van der Waals surface area (Å²) in [5.74, 6) is -0.438. The molecule has 0 radical (unpaired) electrons. The van der Waals surface area contributed by atoms with Crippen molar-refractivity contribution in [3.8, 4) is 0 Å². The van der Waals surface area contributed by atoms with E-state index in [1.807, 2.05) is 0 Å². The monoisotopic (exact) mass is 331 g/mol. The van der Waals surface area contributed by atoms with Gasteiger partial charge in [0.1, 0.15) is 11.5 Å². The number of benzene rings is 2. The highest BCUT2D eigenvalue weighted by Gasteiger charge is 2.11. The second-order valence-corrected chi connectivity index (χ2v) is 5.18. The van der Waals surface area contributed by atoms with E-state index in [1.54, 1.807) is 30.3 Å². The Morgan fingerprint density at radius 3 is 2.50 bits per heavy atom. The molecule has 0 aliphatic carbocycles. The van der Waals surface area contributed by atoms with Crippen LogP contribution in [0.15, 0.2) is 48.5 Å². The lowest BCUT2D eigenvalue weighted by atomic mass is 10.1. The molecule has 1 amide bonds. The van der Waals surface area contributed by atoms with Gasteiger partial charge in [-0.2, -0.15) is 0 Å². The summed E-state index contributed by atoms with van der Waals surface area (Å²) in [6.07, 6.45) is 0.819. The quantitative estimate of drug-likeness (QED) is 0.575. The number of hydrogen-bond donors (Lipinski definition) is 2. The van der Waals surface area contributed by atoms with Crippen LogP contribution in [0.25, 0.3) is 0 Å². The minimum Gasteiger partial charge on any atom is -0.379 e. The average Bonchev–Trinajstić information content (AvgIpc) is 2.57. The van der Waals surface area contributed by atoms with E-state index < -0.39 is 4.92 Å². The number of anilines is 1. The molecule has 0 bridgehead atoms. The molecule has 2 aromatic carbocycles. The van der Waals surface area contributed by atoms with E-state index in [9.17, 15) is 19.3 Å². The molecular weight excluding hydrogens is 313 g/mol. The van der Waals surface area contributed by atoms with Gasteiger partial charge in [-0.15, -0.1) is 0 Å². The molecule has 126 valence electrons. The van der Waals surface area contributed by atoms with Crippen molar-refractivity contribution in [1.29, 1.82) is 0 Å². The molecule has 0 fully saturated rings. The van der Waals surface area contributed by atoms with E-state index in [-0.39, 0.29) is 23.8 Å². The number of carbonyl (C=O) groups is 1. The molecule has 24 heavy (non-hydrogen) atoms. The molecule has 2 aromatic rings. The third kappa shape index (κ3) is 5.35. The van der Waals surface area contributed by atoms with E-state index in [2.05, 4.69) is 10.6 Å². The third-order valence-electron chi connectivity index (χ3n) is 3.42. The van der Waals surface area contributed by atoms with Crippen molar-refractivity contribution < 1.29 is 14.1 Å². The van der Waals surface area contributed by atoms with Gasteiger partial charge in [0.15, 0.2) is 0 Å². The molecular formula is C17H18FN3O3. The number of rotatable bonds is 8. The van der Waals surface area contributed by atoms with Crippen LogP contribution < -0.4 is 10.6 Å². The molecule has 2 rings (SSSR count). The van der Waals surface area contributed by atoms with E-state index >= 15 is 0 Å². The number of carbonyl (C=O) groups excluding carboxylic acids is 1. The number of nitrogens with one attached hydrogen (secondary N) is 2. The number of amides is 1. The van der Waals surface area contributed by atoms with Crippen molar-refractivity contribution in [2.75, 3.05) is 18.4 Å². The highest BCUT2D eigenvalue weighted by atomic mass is 19.1. The number of nitro benzene ring substituents is 1. The maximum absolute atomic E-state index is 12.8. The zero-order valence-electron chi connectivity index (χ0n) is 13.0. The molecule has 0 aliphatic rings. The fourth-order valence-electron chi connectivity index (χ4n) is 2.18. The van der Waals surface area contributed by atoms with Crippen LogP contribution in [0.4, 0.5) is 15.8 Å².